The van der Waals surface area contributed by atoms with Crippen LogP contribution in [0.15, 0.2) is 42.9 Å². The molecule has 0 bridgehead atoms. The second-order valence-corrected chi connectivity index (χ2v) is 4.98. The number of hydrogen-bond donors (Lipinski definition) is 2. The molecule has 2 aromatic heterocycles. The maximum absolute atomic E-state index is 4.52. The molecular weight excluding hydrogens is 248 g/mol. The number of nitrogens with zero attached hydrogens (tertiary/aromatic N) is 2. The lowest BCUT2D eigenvalue weighted by Crippen LogP contribution is -2.16. The third-order valence-electron chi connectivity index (χ3n) is 3.35. The molecule has 1 aromatic carbocycles. The van der Waals surface area contributed by atoms with Gasteiger partial charge in [-0.3, -0.25) is 4.98 Å². The Hall–Kier alpha value is -2.20. The van der Waals surface area contributed by atoms with Crippen molar-refractivity contribution in [2.75, 3.05) is 6.54 Å². The molecule has 2 heterocycles. The van der Waals surface area contributed by atoms with E-state index in [9.17, 15) is 0 Å². The largest absolute Gasteiger partial charge is 0.348 e. The maximum Gasteiger partial charge on any atom is 0.0921 e. The molecule has 0 aliphatic rings. The summed E-state index contributed by atoms with van der Waals surface area (Å²) >= 11 is 0. The lowest BCUT2D eigenvalue weighted by Gasteiger charge is -2.06. The van der Waals surface area contributed by atoms with Gasteiger partial charge in [-0.15, -0.1) is 0 Å². The van der Waals surface area contributed by atoms with E-state index in [4.69, 9.17) is 0 Å². The molecule has 20 heavy (non-hydrogen) atoms. The van der Waals surface area contributed by atoms with Gasteiger partial charge in [-0.2, -0.15) is 0 Å². The number of imidazole rings is 1. The Balaban J connectivity index is 1.58. The molecule has 4 heteroatoms. The lowest BCUT2D eigenvalue weighted by molar-refractivity contribution is 0.682. The summed E-state index contributed by atoms with van der Waals surface area (Å²) in [5, 5.41) is 4.65. The standard InChI is InChI=1S/C16H18N4/c1-12-2-4-14-8-13(3-5-16(14)20-12)9-17-7-6-15-10-18-11-19-15/h2-5,8,10-11,17H,6-7,9H2,1H3,(H,18,19). The summed E-state index contributed by atoms with van der Waals surface area (Å²) < 4.78 is 0. The third kappa shape index (κ3) is 3.03. The number of hydrogen-bond acceptors (Lipinski definition) is 3. The Kier molecular flexibility index (Phi) is 3.74. The first-order chi connectivity index (χ1) is 9.81. The minimum Gasteiger partial charge on any atom is -0.348 e. The lowest BCUT2D eigenvalue weighted by atomic mass is 10.1. The molecule has 0 aliphatic carbocycles. The summed E-state index contributed by atoms with van der Waals surface area (Å²) in [6.45, 7) is 3.83. The second kappa shape index (κ2) is 5.84. The van der Waals surface area contributed by atoms with E-state index in [0.717, 1.165) is 36.4 Å². The zero-order valence-electron chi connectivity index (χ0n) is 11.6. The van der Waals surface area contributed by atoms with E-state index in [1.807, 2.05) is 13.1 Å². The number of benzene rings is 1. The summed E-state index contributed by atoms with van der Waals surface area (Å²) in [7, 11) is 0. The van der Waals surface area contributed by atoms with Crippen LogP contribution >= 0.6 is 0 Å². The minimum absolute atomic E-state index is 0.873. The highest BCUT2D eigenvalue weighted by molar-refractivity contribution is 5.79. The number of rotatable bonds is 5. The van der Waals surface area contributed by atoms with E-state index in [-0.39, 0.29) is 0 Å². The van der Waals surface area contributed by atoms with E-state index in [1.165, 1.54) is 10.9 Å². The first kappa shape index (κ1) is 12.8. The fourth-order valence-corrected chi connectivity index (χ4v) is 2.26. The number of pyridine rings is 1. The molecule has 0 saturated heterocycles. The highest BCUT2D eigenvalue weighted by atomic mass is 14.9. The molecule has 0 amide bonds. The van der Waals surface area contributed by atoms with Crippen LogP contribution in [0.5, 0.6) is 0 Å². The van der Waals surface area contributed by atoms with Crippen molar-refractivity contribution in [2.45, 2.75) is 19.9 Å². The maximum atomic E-state index is 4.52. The van der Waals surface area contributed by atoms with Crippen molar-refractivity contribution < 1.29 is 0 Å². The van der Waals surface area contributed by atoms with Crippen LogP contribution in [0.3, 0.4) is 0 Å². The zero-order chi connectivity index (χ0) is 13.8. The minimum atomic E-state index is 0.873. The summed E-state index contributed by atoms with van der Waals surface area (Å²) in [6, 6.07) is 10.6. The Morgan fingerprint density at radius 1 is 1.20 bits per heavy atom. The SMILES string of the molecule is Cc1ccc2cc(CNCCc3cnc[nH]3)ccc2n1. The highest BCUT2D eigenvalue weighted by Gasteiger charge is 1.99. The molecule has 3 rings (SSSR count). The first-order valence-electron chi connectivity index (χ1n) is 6.85. The molecule has 0 atom stereocenters. The van der Waals surface area contributed by atoms with Gasteiger partial charge in [0.25, 0.3) is 0 Å². The van der Waals surface area contributed by atoms with Crippen LogP contribution in [0.1, 0.15) is 17.0 Å². The van der Waals surface area contributed by atoms with Gasteiger partial charge in [-0.1, -0.05) is 12.1 Å². The quantitative estimate of drug-likeness (QED) is 0.698. The fraction of sp³-hybridized carbons (Fsp3) is 0.250. The normalized spacial score (nSPS) is 11.1. The highest BCUT2D eigenvalue weighted by Crippen LogP contribution is 2.14. The van der Waals surface area contributed by atoms with Crippen LogP contribution in [0, 0.1) is 6.92 Å². The van der Waals surface area contributed by atoms with Gasteiger partial charge in [0.15, 0.2) is 0 Å². The van der Waals surface area contributed by atoms with Crippen LogP contribution in [0.2, 0.25) is 0 Å². The summed E-state index contributed by atoms with van der Waals surface area (Å²) in [6.07, 6.45) is 4.55. The first-order valence-corrected chi connectivity index (χ1v) is 6.85. The van der Waals surface area contributed by atoms with Crippen molar-refractivity contribution in [2.24, 2.45) is 0 Å². The van der Waals surface area contributed by atoms with Gasteiger partial charge in [-0.25, -0.2) is 4.98 Å². The summed E-state index contributed by atoms with van der Waals surface area (Å²) in [4.78, 5) is 11.6. The van der Waals surface area contributed by atoms with Gasteiger partial charge in [-0.05, 0) is 30.7 Å². The van der Waals surface area contributed by atoms with Gasteiger partial charge in [0.2, 0.25) is 0 Å². The van der Waals surface area contributed by atoms with E-state index in [2.05, 4.69) is 50.6 Å². The Labute approximate surface area is 118 Å². The molecular formula is C16H18N4. The number of aromatic amines is 1. The van der Waals surface area contributed by atoms with Crippen LogP contribution < -0.4 is 5.32 Å². The molecule has 0 radical (unpaired) electrons. The number of aromatic nitrogens is 3. The molecule has 102 valence electrons. The van der Waals surface area contributed by atoms with Crippen LogP contribution in [-0.2, 0) is 13.0 Å². The van der Waals surface area contributed by atoms with Crippen molar-refractivity contribution in [3.8, 4) is 0 Å². The van der Waals surface area contributed by atoms with Gasteiger partial charge in [0.1, 0.15) is 0 Å². The predicted molar refractivity (Wildman–Crippen MR) is 80.5 cm³/mol. The van der Waals surface area contributed by atoms with Crippen molar-refractivity contribution >= 4 is 10.9 Å². The molecule has 0 aliphatic heterocycles. The number of nitrogens with one attached hydrogen (secondary N) is 2. The van der Waals surface area contributed by atoms with E-state index in [0.29, 0.717) is 0 Å². The topological polar surface area (TPSA) is 53.6 Å². The van der Waals surface area contributed by atoms with Gasteiger partial charge in [0.05, 0.1) is 11.8 Å². The Bertz CT molecular complexity index is 689. The Morgan fingerprint density at radius 3 is 3.00 bits per heavy atom. The molecule has 2 N–H and O–H groups in total. The van der Waals surface area contributed by atoms with Crippen LogP contribution in [0.4, 0.5) is 0 Å². The second-order valence-electron chi connectivity index (χ2n) is 4.98. The zero-order valence-corrected chi connectivity index (χ0v) is 11.6. The van der Waals surface area contributed by atoms with Crippen molar-refractivity contribution in [3.05, 3.63) is 59.8 Å². The van der Waals surface area contributed by atoms with Gasteiger partial charge < -0.3 is 10.3 Å². The molecule has 3 aromatic rings. The van der Waals surface area contributed by atoms with Gasteiger partial charge >= 0.3 is 0 Å². The molecule has 0 spiro atoms. The van der Waals surface area contributed by atoms with Crippen molar-refractivity contribution in [3.63, 3.8) is 0 Å². The Morgan fingerprint density at radius 2 is 2.15 bits per heavy atom. The molecule has 0 fully saturated rings. The average molecular weight is 266 g/mol. The number of aryl methyl sites for hydroxylation is 1. The average Bonchev–Trinajstić information content (AvgIpc) is 2.97. The van der Waals surface area contributed by atoms with E-state index < -0.39 is 0 Å². The predicted octanol–water partition coefficient (Wildman–Crippen LogP) is 2.60. The summed E-state index contributed by atoms with van der Waals surface area (Å²) in [5.74, 6) is 0. The van der Waals surface area contributed by atoms with E-state index >= 15 is 0 Å². The molecule has 0 unspecified atom stereocenters. The van der Waals surface area contributed by atoms with Crippen LogP contribution in [0.25, 0.3) is 10.9 Å². The summed E-state index contributed by atoms with van der Waals surface area (Å²) in [5.41, 5.74) is 4.57. The van der Waals surface area contributed by atoms with Crippen molar-refractivity contribution in [1.82, 2.24) is 20.3 Å². The third-order valence-corrected chi connectivity index (χ3v) is 3.35. The molecule has 4 nitrogen and oxygen atoms in total. The number of fused-ring (bicyclic) bond motifs is 1. The monoisotopic (exact) mass is 266 g/mol. The van der Waals surface area contributed by atoms with E-state index in [1.54, 1.807) is 6.33 Å². The smallest absolute Gasteiger partial charge is 0.0921 e. The van der Waals surface area contributed by atoms with Crippen molar-refractivity contribution in [1.29, 1.82) is 0 Å². The fourth-order valence-electron chi connectivity index (χ4n) is 2.26. The van der Waals surface area contributed by atoms with Crippen LogP contribution in [-0.4, -0.2) is 21.5 Å². The van der Waals surface area contributed by atoms with Gasteiger partial charge in [0, 0.05) is 42.5 Å². The number of H-pyrrole nitrogens is 1. The molecule has 0 saturated carbocycles.